The first-order valence-electron chi connectivity index (χ1n) is 8.47. The van der Waals surface area contributed by atoms with Gasteiger partial charge in [0.1, 0.15) is 11.5 Å². The van der Waals surface area contributed by atoms with Crippen molar-refractivity contribution in [2.75, 3.05) is 12.9 Å². The van der Waals surface area contributed by atoms with E-state index in [1.807, 2.05) is 29.7 Å². The molecule has 0 N–H and O–H groups in total. The van der Waals surface area contributed by atoms with Gasteiger partial charge >= 0.3 is 0 Å². The number of hydrogen-bond donors (Lipinski definition) is 0. The third kappa shape index (κ3) is 4.28. The number of aryl methyl sites for hydroxylation is 1. The van der Waals surface area contributed by atoms with Crippen LogP contribution in [0.1, 0.15) is 13.3 Å². The van der Waals surface area contributed by atoms with Gasteiger partial charge in [0, 0.05) is 6.54 Å². The van der Waals surface area contributed by atoms with Crippen LogP contribution in [0.2, 0.25) is 0 Å². The number of ether oxygens (including phenoxy) is 1. The Morgan fingerprint density at radius 3 is 2.59 bits per heavy atom. The van der Waals surface area contributed by atoms with Crippen molar-refractivity contribution < 1.29 is 17.9 Å². The molecule has 3 rings (SSSR count). The zero-order valence-corrected chi connectivity index (χ0v) is 16.7. The van der Waals surface area contributed by atoms with Crippen LogP contribution in [-0.2, 0) is 21.2 Å². The van der Waals surface area contributed by atoms with Crippen LogP contribution in [0.4, 0.5) is 0 Å². The van der Waals surface area contributed by atoms with E-state index in [1.54, 1.807) is 25.3 Å². The maximum atomic E-state index is 12.4. The van der Waals surface area contributed by atoms with E-state index in [0.29, 0.717) is 11.3 Å². The molecular weight excluding hydrogens is 384 g/mol. The number of methoxy groups -OCH3 is 1. The quantitative estimate of drug-likeness (QED) is 0.633. The van der Waals surface area contributed by atoms with Crippen LogP contribution in [0.5, 0.6) is 5.75 Å². The molecule has 1 aromatic heterocycles. The van der Waals surface area contributed by atoms with Gasteiger partial charge in [0.05, 0.1) is 22.2 Å². The molecule has 0 saturated heterocycles. The molecule has 0 aliphatic heterocycles. The van der Waals surface area contributed by atoms with Crippen molar-refractivity contribution in [1.82, 2.24) is 4.57 Å². The number of benzene rings is 2. The highest BCUT2D eigenvalue weighted by Crippen LogP contribution is 2.23. The van der Waals surface area contributed by atoms with Gasteiger partial charge in [-0.25, -0.2) is 8.42 Å². The predicted molar refractivity (Wildman–Crippen MR) is 106 cm³/mol. The summed E-state index contributed by atoms with van der Waals surface area (Å²) in [6.45, 7) is 2.72. The average Bonchev–Trinajstić information content (AvgIpc) is 2.98. The summed E-state index contributed by atoms with van der Waals surface area (Å²) in [5, 5.41) is 0. The van der Waals surface area contributed by atoms with Gasteiger partial charge in [0.25, 0.3) is 5.91 Å². The molecule has 0 unspecified atom stereocenters. The number of hydrogen-bond acceptors (Lipinski definition) is 5. The predicted octanol–water partition coefficient (Wildman–Crippen LogP) is 3.02. The van der Waals surface area contributed by atoms with Gasteiger partial charge in [-0.1, -0.05) is 36.5 Å². The number of nitrogens with zero attached hydrogens (tertiary/aromatic N) is 2. The monoisotopic (exact) mass is 404 g/mol. The molecule has 0 radical (unpaired) electrons. The van der Waals surface area contributed by atoms with Crippen LogP contribution in [0.3, 0.4) is 0 Å². The SMILES string of the molecule is CCCn1c(=NC(=O)CS(=O)(=O)c2ccccc2)sc2cc(OC)ccc21. The Kier molecular flexibility index (Phi) is 5.76. The zero-order chi connectivity index (χ0) is 19.4. The normalized spacial score (nSPS) is 12.4. The zero-order valence-electron chi connectivity index (χ0n) is 15.1. The molecule has 1 heterocycles. The Morgan fingerprint density at radius 1 is 1.19 bits per heavy atom. The largest absolute Gasteiger partial charge is 0.497 e. The summed E-state index contributed by atoms with van der Waals surface area (Å²) < 4.78 is 32.9. The lowest BCUT2D eigenvalue weighted by Gasteiger charge is -2.04. The van der Waals surface area contributed by atoms with E-state index in [0.717, 1.165) is 22.4 Å². The van der Waals surface area contributed by atoms with Gasteiger partial charge in [-0.15, -0.1) is 0 Å². The number of carbonyl (C=O) groups is 1. The van der Waals surface area contributed by atoms with Gasteiger partial charge in [-0.05, 0) is 36.8 Å². The fraction of sp³-hybridized carbons (Fsp3) is 0.263. The van der Waals surface area contributed by atoms with E-state index in [2.05, 4.69) is 4.99 Å². The summed E-state index contributed by atoms with van der Waals surface area (Å²) in [4.78, 5) is 17.1. The third-order valence-corrected chi connectivity index (χ3v) is 6.63. The van der Waals surface area contributed by atoms with Crippen LogP contribution < -0.4 is 9.54 Å². The summed E-state index contributed by atoms with van der Waals surface area (Å²) in [6.07, 6.45) is 0.863. The second-order valence-corrected chi connectivity index (χ2v) is 8.95. The van der Waals surface area contributed by atoms with Crippen LogP contribution in [0.15, 0.2) is 58.4 Å². The van der Waals surface area contributed by atoms with Crippen molar-refractivity contribution in [2.45, 2.75) is 24.8 Å². The van der Waals surface area contributed by atoms with Gasteiger partial charge in [-0.2, -0.15) is 4.99 Å². The molecule has 0 aliphatic carbocycles. The van der Waals surface area contributed by atoms with Gasteiger partial charge in [-0.3, -0.25) is 4.79 Å². The van der Waals surface area contributed by atoms with E-state index >= 15 is 0 Å². The number of amides is 1. The van der Waals surface area contributed by atoms with Crippen LogP contribution >= 0.6 is 11.3 Å². The minimum absolute atomic E-state index is 0.121. The maximum Gasteiger partial charge on any atom is 0.263 e. The van der Waals surface area contributed by atoms with E-state index < -0.39 is 21.5 Å². The minimum atomic E-state index is -3.71. The van der Waals surface area contributed by atoms with E-state index in [1.165, 1.54) is 23.5 Å². The molecule has 2 aromatic carbocycles. The van der Waals surface area contributed by atoms with Gasteiger partial charge < -0.3 is 9.30 Å². The number of sulfone groups is 1. The number of aromatic nitrogens is 1. The molecule has 0 spiro atoms. The highest BCUT2D eigenvalue weighted by Gasteiger charge is 2.19. The van der Waals surface area contributed by atoms with Crippen molar-refractivity contribution in [1.29, 1.82) is 0 Å². The Balaban J connectivity index is 1.99. The van der Waals surface area contributed by atoms with E-state index in [9.17, 15) is 13.2 Å². The van der Waals surface area contributed by atoms with Crippen LogP contribution in [0, 0.1) is 0 Å². The van der Waals surface area contributed by atoms with Crippen molar-refractivity contribution in [2.24, 2.45) is 4.99 Å². The van der Waals surface area contributed by atoms with Crippen molar-refractivity contribution in [3.05, 3.63) is 53.3 Å². The Bertz CT molecular complexity index is 1130. The second kappa shape index (κ2) is 8.06. The standard InChI is InChI=1S/C19H20N2O4S2/c1-3-11-21-16-10-9-14(25-2)12-17(16)26-19(21)20-18(22)13-27(23,24)15-7-5-4-6-8-15/h4-10,12H,3,11,13H2,1-2H3. The molecule has 0 aliphatic rings. The molecule has 0 bridgehead atoms. The molecular formula is C19H20N2O4S2. The number of fused-ring (bicyclic) bond motifs is 1. The molecule has 6 nitrogen and oxygen atoms in total. The smallest absolute Gasteiger partial charge is 0.263 e. The lowest BCUT2D eigenvalue weighted by atomic mass is 10.3. The fourth-order valence-electron chi connectivity index (χ4n) is 2.72. The number of carbonyl (C=O) groups excluding carboxylic acids is 1. The molecule has 3 aromatic rings. The third-order valence-electron chi connectivity index (χ3n) is 3.97. The molecule has 27 heavy (non-hydrogen) atoms. The molecule has 142 valence electrons. The Hall–Kier alpha value is -2.45. The van der Waals surface area contributed by atoms with Gasteiger partial charge in [0.15, 0.2) is 14.6 Å². The summed E-state index contributed by atoms with van der Waals surface area (Å²) in [6, 6.07) is 13.6. The Morgan fingerprint density at radius 2 is 1.93 bits per heavy atom. The average molecular weight is 405 g/mol. The number of thiazole rings is 1. The minimum Gasteiger partial charge on any atom is -0.497 e. The van der Waals surface area contributed by atoms with Crippen molar-refractivity contribution in [3.63, 3.8) is 0 Å². The first-order valence-corrected chi connectivity index (χ1v) is 10.9. The summed E-state index contributed by atoms with van der Waals surface area (Å²) in [5.74, 6) is -0.611. The molecule has 0 atom stereocenters. The lowest BCUT2D eigenvalue weighted by molar-refractivity contribution is -0.115. The fourth-order valence-corrected chi connectivity index (χ4v) is 4.95. The maximum absolute atomic E-state index is 12.4. The van der Waals surface area contributed by atoms with Crippen molar-refractivity contribution >= 4 is 37.3 Å². The highest BCUT2D eigenvalue weighted by atomic mass is 32.2. The molecule has 1 amide bonds. The summed E-state index contributed by atoms with van der Waals surface area (Å²) >= 11 is 1.34. The summed E-state index contributed by atoms with van der Waals surface area (Å²) in [5.41, 5.74) is 0.945. The molecule has 0 fully saturated rings. The molecule has 0 saturated carbocycles. The first kappa shape index (κ1) is 19.3. The first-order chi connectivity index (χ1) is 12.9. The van der Waals surface area contributed by atoms with Crippen LogP contribution in [0.25, 0.3) is 10.2 Å². The topological polar surface area (TPSA) is 77.7 Å². The number of rotatable bonds is 6. The summed E-state index contributed by atoms with van der Waals surface area (Å²) in [7, 11) is -2.12. The van der Waals surface area contributed by atoms with E-state index in [-0.39, 0.29) is 4.90 Å². The Labute approximate surface area is 161 Å². The molecule has 8 heteroatoms. The van der Waals surface area contributed by atoms with Gasteiger partial charge in [0.2, 0.25) is 0 Å². The van der Waals surface area contributed by atoms with E-state index in [4.69, 9.17) is 4.74 Å². The van der Waals surface area contributed by atoms with Crippen LogP contribution in [-0.4, -0.2) is 31.8 Å². The highest BCUT2D eigenvalue weighted by molar-refractivity contribution is 7.92. The lowest BCUT2D eigenvalue weighted by Crippen LogP contribution is -2.21. The second-order valence-electron chi connectivity index (χ2n) is 5.95. The van der Waals surface area contributed by atoms with Crippen molar-refractivity contribution in [3.8, 4) is 5.75 Å².